The van der Waals surface area contributed by atoms with Gasteiger partial charge in [0, 0.05) is 12.6 Å². The summed E-state index contributed by atoms with van der Waals surface area (Å²) in [6, 6.07) is 8.09. The summed E-state index contributed by atoms with van der Waals surface area (Å²) in [5.74, 6) is 0.832. The van der Waals surface area contributed by atoms with E-state index in [9.17, 15) is 5.11 Å². The molecule has 0 aliphatic carbocycles. The van der Waals surface area contributed by atoms with Gasteiger partial charge in [-0.05, 0) is 31.2 Å². The van der Waals surface area contributed by atoms with Crippen molar-refractivity contribution in [1.82, 2.24) is 4.90 Å². The van der Waals surface area contributed by atoms with Crippen molar-refractivity contribution < 1.29 is 14.9 Å². The zero-order valence-corrected chi connectivity index (χ0v) is 11.3. The first-order valence-electron chi connectivity index (χ1n) is 6.29. The van der Waals surface area contributed by atoms with Crippen LogP contribution in [0, 0.1) is 0 Å². The molecule has 102 valence electrons. The van der Waals surface area contributed by atoms with Crippen molar-refractivity contribution in [3.8, 4) is 5.75 Å². The van der Waals surface area contributed by atoms with Gasteiger partial charge in [0.15, 0.2) is 0 Å². The van der Waals surface area contributed by atoms with E-state index in [-0.39, 0.29) is 12.6 Å². The van der Waals surface area contributed by atoms with E-state index in [2.05, 4.69) is 11.8 Å². The Morgan fingerprint density at radius 2 is 2.11 bits per heavy atom. The van der Waals surface area contributed by atoms with E-state index < -0.39 is 6.10 Å². The molecule has 0 saturated carbocycles. The molecule has 0 aliphatic rings. The first kappa shape index (κ1) is 15.0. The van der Waals surface area contributed by atoms with Crippen LogP contribution < -0.4 is 4.74 Å². The Bertz CT molecular complexity index is 357. The minimum Gasteiger partial charge on any atom is -0.497 e. The summed E-state index contributed by atoms with van der Waals surface area (Å²) < 4.78 is 5.21. The van der Waals surface area contributed by atoms with Gasteiger partial charge in [0.05, 0.1) is 19.8 Å². The van der Waals surface area contributed by atoms with Gasteiger partial charge in [-0.25, -0.2) is 0 Å². The summed E-state index contributed by atoms with van der Waals surface area (Å²) in [5.41, 5.74) is 1.14. The van der Waals surface area contributed by atoms with Gasteiger partial charge < -0.3 is 14.9 Å². The van der Waals surface area contributed by atoms with Crippen molar-refractivity contribution in [3.63, 3.8) is 0 Å². The lowest BCUT2D eigenvalue weighted by Gasteiger charge is -2.29. The van der Waals surface area contributed by atoms with Crippen LogP contribution in [0.4, 0.5) is 0 Å². The molecule has 4 heteroatoms. The van der Waals surface area contributed by atoms with Gasteiger partial charge in [-0.3, -0.25) is 4.90 Å². The largest absolute Gasteiger partial charge is 0.497 e. The number of hydrogen-bond donors (Lipinski definition) is 2. The van der Waals surface area contributed by atoms with Gasteiger partial charge in [-0.15, -0.1) is 0 Å². The number of aliphatic hydroxyl groups excluding tert-OH is 2. The maximum atomic E-state index is 9.54. The Hall–Kier alpha value is -1.10. The summed E-state index contributed by atoms with van der Waals surface area (Å²) >= 11 is 0. The second kappa shape index (κ2) is 7.36. The Morgan fingerprint density at radius 3 is 2.67 bits per heavy atom. The second-order valence-electron chi connectivity index (χ2n) is 4.38. The van der Waals surface area contributed by atoms with Gasteiger partial charge in [0.25, 0.3) is 0 Å². The number of rotatable bonds is 7. The molecule has 2 atom stereocenters. The van der Waals surface area contributed by atoms with Crippen LogP contribution in [0.15, 0.2) is 24.3 Å². The first-order valence-corrected chi connectivity index (χ1v) is 6.29. The summed E-state index contributed by atoms with van der Waals surface area (Å²) in [5, 5.41) is 18.5. The highest BCUT2D eigenvalue weighted by Crippen LogP contribution is 2.23. The van der Waals surface area contributed by atoms with Crippen LogP contribution in [-0.2, 0) is 0 Å². The smallest absolute Gasteiger partial charge is 0.119 e. The van der Waals surface area contributed by atoms with Gasteiger partial charge >= 0.3 is 0 Å². The SMILES string of the molecule is CCN(C[C@H](O)CO)C(C)c1cccc(OC)c1. The van der Waals surface area contributed by atoms with Crippen LogP contribution in [0.3, 0.4) is 0 Å². The third kappa shape index (κ3) is 3.98. The van der Waals surface area contributed by atoms with Gasteiger partial charge in [-0.2, -0.15) is 0 Å². The summed E-state index contributed by atoms with van der Waals surface area (Å²) in [7, 11) is 1.65. The van der Waals surface area contributed by atoms with Crippen LogP contribution >= 0.6 is 0 Å². The molecule has 0 aliphatic heterocycles. The van der Waals surface area contributed by atoms with Gasteiger partial charge in [0.1, 0.15) is 5.75 Å². The molecule has 0 aromatic heterocycles. The number of ether oxygens (including phenoxy) is 1. The van der Waals surface area contributed by atoms with Gasteiger partial charge in [-0.1, -0.05) is 19.1 Å². The zero-order chi connectivity index (χ0) is 13.5. The quantitative estimate of drug-likeness (QED) is 0.772. The molecule has 1 rings (SSSR count). The summed E-state index contributed by atoms with van der Waals surface area (Å²) in [4.78, 5) is 2.12. The predicted octanol–water partition coefficient (Wildman–Crippen LogP) is 1.43. The lowest BCUT2D eigenvalue weighted by molar-refractivity contribution is 0.0487. The molecule has 0 heterocycles. The van der Waals surface area contributed by atoms with Crippen molar-refractivity contribution in [2.45, 2.75) is 26.0 Å². The average Bonchev–Trinajstić information content (AvgIpc) is 2.43. The fourth-order valence-electron chi connectivity index (χ4n) is 2.00. The Labute approximate surface area is 109 Å². The molecular weight excluding hydrogens is 230 g/mol. The summed E-state index contributed by atoms with van der Waals surface area (Å²) in [6.07, 6.45) is -0.696. The molecular formula is C14H23NO3. The van der Waals surface area contributed by atoms with E-state index >= 15 is 0 Å². The van der Waals surface area contributed by atoms with E-state index in [1.807, 2.05) is 31.2 Å². The lowest BCUT2D eigenvalue weighted by Crippen LogP contribution is -2.36. The number of nitrogens with zero attached hydrogens (tertiary/aromatic N) is 1. The maximum Gasteiger partial charge on any atom is 0.119 e. The number of hydrogen-bond acceptors (Lipinski definition) is 4. The highest BCUT2D eigenvalue weighted by atomic mass is 16.5. The normalized spacial score (nSPS) is 14.6. The van der Waals surface area contributed by atoms with E-state index in [1.54, 1.807) is 7.11 Å². The highest BCUT2D eigenvalue weighted by molar-refractivity contribution is 5.30. The Balaban J connectivity index is 2.78. The van der Waals surface area contributed by atoms with Crippen LogP contribution in [0.1, 0.15) is 25.5 Å². The standard InChI is InChI=1S/C14H23NO3/c1-4-15(9-13(17)10-16)11(2)12-6-5-7-14(8-12)18-3/h5-8,11,13,16-17H,4,9-10H2,1-3H3/t11?,13-/m0/s1. The molecule has 0 radical (unpaired) electrons. The minimum absolute atomic E-state index is 0.172. The van der Waals surface area contributed by atoms with Crippen LogP contribution in [0.5, 0.6) is 5.75 Å². The third-order valence-electron chi connectivity index (χ3n) is 3.19. The van der Waals surface area contributed by atoms with Crippen LogP contribution in [0.2, 0.25) is 0 Å². The zero-order valence-electron chi connectivity index (χ0n) is 11.3. The minimum atomic E-state index is -0.696. The van der Waals surface area contributed by atoms with Crippen molar-refractivity contribution >= 4 is 0 Å². The van der Waals surface area contributed by atoms with Crippen LogP contribution in [0.25, 0.3) is 0 Å². The molecule has 0 fully saturated rings. The van der Waals surface area contributed by atoms with E-state index in [1.165, 1.54) is 0 Å². The third-order valence-corrected chi connectivity index (χ3v) is 3.19. The van der Waals surface area contributed by atoms with Crippen molar-refractivity contribution in [1.29, 1.82) is 0 Å². The second-order valence-corrected chi connectivity index (χ2v) is 4.38. The molecule has 0 saturated heterocycles. The van der Waals surface area contributed by atoms with E-state index in [0.717, 1.165) is 17.9 Å². The van der Waals surface area contributed by atoms with E-state index in [0.29, 0.717) is 6.54 Å². The molecule has 1 aromatic carbocycles. The molecule has 1 aromatic rings. The number of likely N-dealkylation sites (N-methyl/N-ethyl adjacent to an activating group) is 1. The van der Waals surface area contributed by atoms with Gasteiger partial charge in [0.2, 0.25) is 0 Å². The number of benzene rings is 1. The fraction of sp³-hybridized carbons (Fsp3) is 0.571. The summed E-state index contributed by atoms with van der Waals surface area (Å²) in [6.45, 7) is 5.20. The molecule has 0 spiro atoms. The maximum absolute atomic E-state index is 9.54. The highest BCUT2D eigenvalue weighted by Gasteiger charge is 2.17. The van der Waals surface area contributed by atoms with Crippen molar-refractivity contribution in [2.24, 2.45) is 0 Å². The Morgan fingerprint density at radius 1 is 1.39 bits per heavy atom. The molecule has 18 heavy (non-hydrogen) atoms. The topological polar surface area (TPSA) is 52.9 Å². The molecule has 1 unspecified atom stereocenters. The molecule has 0 bridgehead atoms. The van der Waals surface area contributed by atoms with Crippen molar-refractivity contribution in [2.75, 3.05) is 26.8 Å². The Kier molecular flexibility index (Phi) is 6.12. The van der Waals surface area contributed by atoms with Crippen molar-refractivity contribution in [3.05, 3.63) is 29.8 Å². The monoisotopic (exact) mass is 253 g/mol. The number of methoxy groups -OCH3 is 1. The average molecular weight is 253 g/mol. The predicted molar refractivity (Wildman–Crippen MR) is 71.7 cm³/mol. The first-order chi connectivity index (χ1) is 8.62. The molecule has 0 amide bonds. The number of aliphatic hydroxyl groups is 2. The fourth-order valence-corrected chi connectivity index (χ4v) is 2.00. The lowest BCUT2D eigenvalue weighted by atomic mass is 10.1. The molecule has 2 N–H and O–H groups in total. The van der Waals surface area contributed by atoms with E-state index in [4.69, 9.17) is 9.84 Å². The molecule has 4 nitrogen and oxygen atoms in total. The van der Waals surface area contributed by atoms with Crippen LogP contribution in [-0.4, -0.2) is 48.0 Å².